The van der Waals surface area contributed by atoms with Gasteiger partial charge in [0.15, 0.2) is 0 Å². The van der Waals surface area contributed by atoms with Crippen LogP contribution in [0, 0.1) is 41.9 Å². The van der Waals surface area contributed by atoms with Crippen LogP contribution in [-0.4, -0.2) is 29.2 Å². The van der Waals surface area contributed by atoms with Crippen molar-refractivity contribution in [1.82, 2.24) is 0 Å². The van der Waals surface area contributed by atoms with E-state index in [0.717, 1.165) is 62.5 Å². The van der Waals surface area contributed by atoms with Crippen molar-refractivity contribution in [2.75, 3.05) is 0 Å². The van der Waals surface area contributed by atoms with Gasteiger partial charge in [0, 0.05) is 0 Å². The van der Waals surface area contributed by atoms with E-state index in [4.69, 9.17) is 0 Å². The Bertz CT molecular complexity index is 984. The van der Waals surface area contributed by atoms with E-state index in [1.165, 1.54) is 18.4 Å². The molecule has 3 fully saturated rings. The molecule has 3 saturated carbocycles. The Hall–Kier alpha value is -2.01. The molecular weight excluding hydrogens is 569 g/mol. The summed E-state index contributed by atoms with van der Waals surface area (Å²) < 4.78 is 91.7. The van der Waals surface area contributed by atoms with E-state index in [1.54, 1.807) is 0 Å². The Kier molecular flexibility index (Phi) is 14.8. The summed E-state index contributed by atoms with van der Waals surface area (Å²) in [6.45, 7) is 14.7. The molecule has 3 aliphatic carbocycles. The SMILES string of the molecule is C#C.C=C1/C(=C\C=C2/CCC[C@@]3(C)C2CC[C@@H]3[C@@H](C)C/C=C/C(O)(C(F)(F)F)C(F)(F)F)CCC[C@@H]1F.CCCC(C)C. The van der Waals surface area contributed by atoms with E-state index >= 15 is 0 Å². The van der Waals surface area contributed by atoms with Gasteiger partial charge in [-0.05, 0) is 104 Å². The summed E-state index contributed by atoms with van der Waals surface area (Å²) in [5.41, 5.74) is -2.18. The van der Waals surface area contributed by atoms with E-state index in [1.807, 2.05) is 13.0 Å². The predicted octanol–water partition coefficient (Wildman–Crippen LogP) is 11.3. The van der Waals surface area contributed by atoms with E-state index < -0.39 is 24.1 Å². The molecule has 0 aromatic heterocycles. The molecule has 3 aliphatic rings. The lowest BCUT2D eigenvalue weighted by molar-refractivity contribution is -0.347. The molecule has 246 valence electrons. The maximum atomic E-state index is 14.0. The molecule has 3 rings (SSSR count). The molecule has 8 heteroatoms. The van der Waals surface area contributed by atoms with Gasteiger partial charge in [-0.25, -0.2) is 4.39 Å². The largest absolute Gasteiger partial charge is 0.429 e. The van der Waals surface area contributed by atoms with Gasteiger partial charge in [-0.15, -0.1) is 12.8 Å². The molecule has 0 bridgehead atoms. The van der Waals surface area contributed by atoms with Gasteiger partial charge in [-0.3, -0.25) is 0 Å². The van der Waals surface area contributed by atoms with Crippen molar-refractivity contribution in [2.24, 2.45) is 29.1 Å². The van der Waals surface area contributed by atoms with Gasteiger partial charge in [0.2, 0.25) is 0 Å². The van der Waals surface area contributed by atoms with Crippen LogP contribution in [0.1, 0.15) is 105 Å². The fraction of sp³-hybridized carbons (Fsp3) is 0.714. The first-order chi connectivity index (χ1) is 19.9. The smallest absolute Gasteiger partial charge is 0.370 e. The summed E-state index contributed by atoms with van der Waals surface area (Å²) in [6, 6.07) is 0. The summed E-state index contributed by atoms with van der Waals surface area (Å²) in [4.78, 5) is 0. The highest BCUT2D eigenvalue weighted by molar-refractivity contribution is 5.38. The maximum Gasteiger partial charge on any atom is 0.429 e. The number of aliphatic hydroxyl groups is 1. The van der Waals surface area contributed by atoms with Crippen molar-refractivity contribution < 1.29 is 35.8 Å². The molecule has 1 nitrogen and oxygen atoms in total. The zero-order valence-corrected chi connectivity index (χ0v) is 26.4. The standard InChI is InChI=1S/C27H35F7O.C6H14.C2H2/c1-17(7-5-16-25(35,26(29,30)31)27(32,33)34)21-13-14-22-20(9-6-15-24(21,22)3)12-11-19-8-4-10-23(28)18(19)2;1-4-5-6(2)3;1-2/h5,11-12,16-17,21-23,35H,2,4,6-10,13-15H2,1,3H3;6H,4-5H2,1-3H3;1-2H/b16-5+,19-11-,20-12+;;/t17-,21+,22?,23-,24+;;/m0../s1. The lowest BCUT2D eigenvalue weighted by atomic mass is 9.61. The summed E-state index contributed by atoms with van der Waals surface area (Å²) >= 11 is 0. The lowest BCUT2D eigenvalue weighted by Gasteiger charge is -2.44. The zero-order chi connectivity index (χ0) is 33.2. The van der Waals surface area contributed by atoms with Crippen molar-refractivity contribution >= 4 is 0 Å². The number of rotatable bonds is 7. The van der Waals surface area contributed by atoms with Crippen LogP contribution in [0.2, 0.25) is 0 Å². The van der Waals surface area contributed by atoms with Gasteiger partial charge in [0.25, 0.3) is 5.60 Å². The van der Waals surface area contributed by atoms with Gasteiger partial charge in [-0.2, -0.15) is 26.3 Å². The highest BCUT2D eigenvalue weighted by Crippen LogP contribution is 2.60. The molecule has 0 aromatic carbocycles. The topological polar surface area (TPSA) is 20.2 Å². The molecular formula is C35H51F7O. The third-order valence-corrected chi connectivity index (χ3v) is 9.51. The minimum absolute atomic E-state index is 0.0161. The Labute approximate surface area is 254 Å². The van der Waals surface area contributed by atoms with Gasteiger partial charge in [-0.1, -0.05) is 77.8 Å². The normalized spacial score (nSPS) is 29.2. The molecule has 0 spiro atoms. The van der Waals surface area contributed by atoms with Gasteiger partial charge in [0.1, 0.15) is 6.17 Å². The number of fused-ring (bicyclic) bond motifs is 1. The fourth-order valence-corrected chi connectivity index (χ4v) is 7.16. The Morgan fingerprint density at radius 3 is 2.09 bits per heavy atom. The molecule has 0 heterocycles. The van der Waals surface area contributed by atoms with Gasteiger partial charge >= 0.3 is 12.4 Å². The highest BCUT2D eigenvalue weighted by Gasteiger charge is 2.69. The minimum atomic E-state index is -5.85. The summed E-state index contributed by atoms with van der Waals surface area (Å²) in [7, 11) is 0. The van der Waals surface area contributed by atoms with E-state index in [-0.39, 0.29) is 35.7 Å². The molecule has 0 amide bonds. The van der Waals surface area contributed by atoms with Crippen LogP contribution in [-0.2, 0) is 0 Å². The summed E-state index contributed by atoms with van der Waals surface area (Å²) in [5.74, 6) is 1.17. The van der Waals surface area contributed by atoms with E-state index in [2.05, 4.69) is 53.2 Å². The monoisotopic (exact) mass is 620 g/mol. The average molecular weight is 621 g/mol. The number of terminal acetylenes is 1. The van der Waals surface area contributed by atoms with Crippen LogP contribution < -0.4 is 0 Å². The van der Waals surface area contributed by atoms with Crippen LogP contribution in [0.4, 0.5) is 30.7 Å². The molecule has 0 aromatic rings. The second-order valence-corrected chi connectivity index (χ2v) is 13.0. The molecule has 1 unspecified atom stereocenters. The van der Waals surface area contributed by atoms with Crippen LogP contribution in [0.25, 0.3) is 0 Å². The molecule has 5 atom stereocenters. The Balaban J connectivity index is 0.00000103. The van der Waals surface area contributed by atoms with Crippen molar-refractivity contribution in [3.63, 3.8) is 0 Å². The van der Waals surface area contributed by atoms with Crippen LogP contribution in [0.5, 0.6) is 0 Å². The first kappa shape index (κ1) is 39.0. The van der Waals surface area contributed by atoms with Crippen molar-refractivity contribution in [3.05, 3.63) is 47.6 Å². The maximum absolute atomic E-state index is 14.0. The zero-order valence-electron chi connectivity index (χ0n) is 26.4. The lowest BCUT2D eigenvalue weighted by Crippen LogP contribution is -2.55. The molecule has 43 heavy (non-hydrogen) atoms. The van der Waals surface area contributed by atoms with Crippen molar-refractivity contribution in [1.29, 1.82) is 0 Å². The van der Waals surface area contributed by atoms with Crippen molar-refractivity contribution in [3.8, 4) is 12.8 Å². The van der Waals surface area contributed by atoms with Crippen LogP contribution in [0.3, 0.4) is 0 Å². The second kappa shape index (κ2) is 16.3. The first-order valence-corrected chi connectivity index (χ1v) is 15.5. The Morgan fingerprint density at radius 2 is 1.58 bits per heavy atom. The van der Waals surface area contributed by atoms with Crippen LogP contribution in [0.15, 0.2) is 47.6 Å². The molecule has 0 saturated heterocycles. The second-order valence-electron chi connectivity index (χ2n) is 13.0. The number of halogens is 7. The van der Waals surface area contributed by atoms with Crippen molar-refractivity contribution in [2.45, 2.75) is 129 Å². The first-order valence-electron chi connectivity index (χ1n) is 15.5. The number of hydrogen-bond acceptors (Lipinski definition) is 1. The summed E-state index contributed by atoms with van der Waals surface area (Å²) in [5, 5.41) is 9.36. The van der Waals surface area contributed by atoms with Gasteiger partial charge in [0.05, 0.1) is 0 Å². The summed E-state index contributed by atoms with van der Waals surface area (Å²) in [6.07, 6.45) is 9.47. The Morgan fingerprint density at radius 1 is 0.977 bits per heavy atom. The van der Waals surface area contributed by atoms with E-state index in [9.17, 15) is 35.8 Å². The van der Waals surface area contributed by atoms with Gasteiger partial charge < -0.3 is 5.11 Å². The molecule has 1 N–H and O–H groups in total. The quantitative estimate of drug-likeness (QED) is 0.171. The third kappa shape index (κ3) is 9.74. The third-order valence-electron chi connectivity index (χ3n) is 9.51. The minimum Gasteiger partial charge on any atom is -0.370 e. The fourth-order valence-electron chi connectivity index (χ4n) is 7.16. The average Bonchev–Trinajstić information content (AvgIpc) is 3.27. The number of alkyl halides is 7. The molecule has 0 aliphatic heterocycles. The highest BCUT2D eigenvalue weighted by atomic mass is 19.4. The number of allylic oxidation sites excluding steroid dienone is 6. The molecule has 0 radical (unpaired) electrons. The number of hydrogen-bond donors (Lipinski definition) is 1. The predicted molar refractivity (Wildman–Crippen MR) is 162 cm³/mol. The van der Waals surface area contributed by atoms with Crippen LogP contribution >= 0.6 is 0 Å². The van der Waals surface area contributed by atoms with E-state index in [0.29, 0.717) is 12.0 Å².